The molecule has 0 aromatic carbocycles. The molecule has 0 aliphatic heterocycles. The summed E-state index contributed by atoms with van der Waals surface area (Å²) in [5, 5.41) is 21.2. The van der Waals surface area contributed by atoms with Gasteiger partial charge in [-0.25, -0.2) is 0 Å². The summed E-state index contributed by atoms with van der Waals surface area (Å²) < 4.78 is 1.64. The molecule has 4 heteroatoms. The van der Waals surface area contributed by atoms with Crippen LogP contribution in [0.2, 0.25) is 6.04 Å². The summed E-state index contributed by atoms with van der Waals surface area (Å²) in [6, 6.07) is 2.74. The minimum Gasteiger partial charge on any atom is -0.494 e. The fraction of sp³-hybridized carbons (Fsp3) is 0.538. The molecule has 168 valence electrons. The Bertz CT molecular complexity index is 779. The summed E-state index contributed by atoms with van der Waals surface area (Å²) in [6.45, 7) is 15.7. The summed E-state index contributed by atoms with van der Waals surface area (Å²) in [5.41, 5.74) is 6.06. The van der Waals surface area contributed by atoms with Gasteiger partial charge in [-0.15, -0.1) is 0 Å². The number of hydrogen-bond acceptors (Lipinski definition) is 2. The zero-order chi connectivity index (χ0) is 22.7. The summed E-state index contributed by atoms with van der Waals surface area (Å²) >= 11 is 0. The van der Waals surface area contributed by atoms with Crippen molar-refractivity contribution in [3.8, 4) is 11.8 Å². The predicted octanol–water partition coefficient (Wildman–Crippen LogP) is 6.54. The van der Waals surface area contributed by atoms with E-state index in [-0.39, 0.29) is 17.7 Å². The number of allylic oxidation sites excluding steroid dienone is 7. The molecular formula is C26H43NO2Si. The van der Waals surface area contributed by atoms with E-state index < -0.39 is 0 Å². The van der Waals surface area contributed by atoms with Gasteiger partial charge in [0.25, 0.3) is 0 Å². The van der Waals surface area contributed by atoms with Gasteiger partial charge in [0, 0.05) is 34.3 Å². The molecule has 1 aromatic heterocycles. The fourth-order valence-corrected chi connectivity index (χ4v) is 4.16. The highest BCUT2D eigenvalue weighted by Gasteiger charge is 2.23. The molecule has 1 unspecified atom stereocenters. The molecule has 30 heavy (non-hydrogen) atoms. The second-order valence-electron chi connectivity index (χ2n) is 8.73. The molecule has 1 aromatic rings. The molecule has 3 nitrogen and oxygen atoms in total. The average Bonchev–Trinajstić information content (AvgIpc) is 2.96. The number of nitrogens with zero attached hydrogens (tertiary/aromatic N) is 1. The Balaban J connectivity index is 2.99. The molecule has 0 amide bonds. The van der Waals surface area contributed by atoms with E-state index in [0.29, 0.717) is 6.54 Å². The Morgan fingerprint density at radius 3 is 2.33 bits per heavy atom. The average molecular weight is 430 g/mol. The lowest BCUT2D eigenvalue weighted by Crippen LogP contribution is -2.04. The van der Waals surface area contributed by atoms with Crippen molar-refractivity contribution in [3.05, 3.63) is 58.7 Å². The molecule has 0 spiro atoms. The molecule has 1 heterocycles. The van der Waals surface area contributed by atoms with Gasteiger partial charge in [0.05, 0.1) is 0 Å². The molecule has 0 radical (unpaired) electrons. The number of hydrogen-bond donors (Lipinski definition) is 2. The first kappa shape index (κ1) is 26.1. The largest absolute Gasteiger partial charge is 0.494 e. The summed E-state index contributed by atoms with van der Waals surface area (Å²) in [6.07, 6.45) is 12.6. The van der Waals surface area contributed by atoms with Gasteiger partial charge >= 0.3 is 0 Å². The smallest absolute Gasteiger partial charge is 0.197 e. The van der Waals surface area contributed by atoms with Crippen molar-refractivity contribution < 1.29 is 10.2 Å². The first-order valence-corrected chi connectivity index (χ1v) is 12.8. The summed E-state index contributed by atoms with van der Waals surface area (Å²) in [4.78, 5) is 0. The first-order chi connectivity index (χ1) is 14.2. The van der Waals surface area contributed by atoms with Gasteiger partial charge in [-0.3, -0.25) is 4.57 Å². The van der Waals surface area contributed by atoms with E-state index in [1.54, 1.807) is 10.6 Å². The monoisotopic (exact) mass is 429 g/mol. The Morgan fingerprint density at radius 1 is 1.07 bits per heavy atom. The molecule has 0 fully saturated rings. The van der Waals surface area contributed by atoms with Crippen LogP contribution in [0.5, 0.6) is 11.8 Å². The van der Waals surface area contributed by atoms with Gasteiger partial charge in [0.2, 0.25) is 0 Å². The van der Waals surface area contributed by atoms with Gasteiger partial charge in [-0.1, -0.05) is 47.1 Å². The van der Waals surface area contributed by atoms with Crippen LogP contribution in [0.25, 0.3) is 0 Å². The summed E-state index contributed by atoms with van der Waals surface area (Å²) in [5.74, 6) is 0.425. The van der Waals surface area contributed by atoms with Crippen molar-refractivity contribution in [2.75, 3.05) is 0 Å². The molecule has 0 bridgehead atoms. The highest BCUT2D eigenvalue weighted by molar-refractivity contribution is 6.08. The maximum Gasteiger partial charge on any atom is 0.197 e. The van der Waals surface area contributed by atoms with Crippen LogP contribution in [0.3, 0.4) is 0 Å². The van der Waals surface area contributed by atoms with E-state index in [1.807, 2.05) is 0 Å². The van der Waals surface area contributed by atoms with Crippen molar-refractivity contribution in [2.24, 2.45) is 0 Å². The normalized spacial score (nSPS) is 13.5. The van der Waals surface area contributed by atoms with E-state index in [4.69, 9.17) is 0 Å². The van der Waals surface area contributed by atoms with Crippen LogP contribution < -0.4 is 0 Å². The maximum atomic E-state index is 10.8. The number of aromatic nitrogens is 1. The molecule has 0 saturated heterocycles. The predicted molar refractivity (Wildman–Crippen MR) is 135 cm³/mol. The van der Waals surface area contributed by atoms with Gasteiger partial charge in [0.15, 0.2) is 11.8 Å². The molecule has 0 aliphatic carbocycles. The number of aromatic hydroxyl groups is 2. The Morgan fingerprint density at radius 2 is 1.73 bits per heavy atom. The van der Waals surface area contributed by atoms with E-state index in [0.717, 1.165) is 65.9 Å². The van der Waals surface area contributed by atoms with Crippen LogP contribution in [0.15, 0.2) is 53.2 Å². The first-order valence-electron chi connectivity index (χ1n) is 11.4. The Hall–Kier alpha value is -1.94. The van der Waals surface area contributed by atoms with Crippen molar-refractivity contribution in [1.82, 2.24) is 4.57 Å². The standard InChI is InChI=1S/C26H43NO2Si/c1-7-20(4)11-9-12-21(5)14-15-23(22(6)13-8-10-19(2)3)24-18-25(28)27(16-17-30)26(24)29/h7,10,12,18,23,28-29H,6,8-9,11,13-17H2,1-5,30H3. The van der Waals surface area contributed by atoms with Gasteiger partial charge in [-0.2, -0.15) is 0 Å². The van der Waals surface area contributed by atoms with Crippen LogP contribution in [0.1, 0.15) is 84.6 Å². The zero-order valence-electron chi connectivity index (χ0n) is 20.1. The maximum absolute atomic E-state index is 10.8. The molecule has 1 atom stereocenters. The molecule has 0 aliphatic rings. The number of rotatable bonds is 13. The lowest BCUT2D eigenvalue weighted by molar-refractivity contribution is 0.370. The third-order valence-corrected chi connectivity index (χ3v) is 6.21. The van der Waals surface area contributed by atoms with E-state index in [9.17, 15) is 10.2 Å². The third kappa shape index (κ3) is 8.43. The van der Waals surface area contributed by atoms with Crippen LogP contribution in [-0.4, -0.2) is 25.0 Å². The van der Waals surface area contributed by atoms with Crippen LogP contribution >= 0.6 is 0 Å². The SMILES string of the molecule is C=C(CCC=C(C)C)C(CCC(C)=CCCC(C)=CC)c1cc(O)n(CC[SiH3])c1O. The van der Waals surface area contributed by atoms with Crippen LogP contribution in [-0.2, 0) is 6.54 Å². The Kier molecular flexibility index (Phi) is 11.6. The summed E-state index contributed by atoms with van der Waals surface area (Å²) in [7, 11) is 1.04. The third-order valence-electron chi connectivity index (χ3n) is 5.76. The second kappa shape index (κ2) is 13.4. The van der Waals surface area contributed by atoms with E-state index >= 15 is 0 Å². The van der Waals surface area contributed by atoms with E-state index in [2.05, 4.69) is 59.4 Å². The minimum atomic E-state index is 0.0532. The zero-order valence-corrected chi connectivity index (χ0v) is 22.1. The molecule has 0 saturated carbocycles. The second-order valence-corrected chi connectivity index (χ2v) is 9.73. The molecule has 2 N–H and O–H groups in total. The van der Waals surface area contributed by atoms with Crippen LogP contribution in [0, 0.1) is 0 Å². The molecular weight excluding hydrogens is 386 g/mol. The Labute approximate surface area is 187 Å². The van der Waals surface area contributed by atoms with Crippen molar-refractivity contribution in [1.29, 1.82) is 0 Å². The van der Waals surface area contributed by atoms with Gasteiger partial charge in [0.1, 0.15) is 0 Å². The van der Waals surface area contributed by atoms with Crippen molar-refractivity contribution in [2.45, 2.75) is 91.7 Å². The highest BCUT2D eigenvalue weighted by Crippen LogP contribution is 2.40. The van der Waals surface area contributed by atoms with Crippen molar-refractivity contribution in [3.63, 3.8) is 0 Å². The minimum absolute atomic E-state index is 0.0532. The topological polar surface area (TPSA) is 45.4 Å². The highest BCUT2D eigenvalue weighted by atomic mass is 28.1. The van der Waals surface area contributed by atoms with Crippen LogP contribution in [0.4, 0.5) is 0 Å². The van der Waals surface area contributed by atoms with Gasteiger partial charge in [-0.05, 0) is 79.2 Å². The molecule has 1 rings (SSSR count). The quantitative estimate of drug-likeness (QED) is 0.276. The fourth-order valence-electron chi connectivity index (χ4n) is 3.71. The van der Waals surface area contributed by atoms with Gasteiger partial charge < -0.3 is 10.2 Å². The lowest BCUT2D eigenvalue weighted by Gasteiger charge is -2.20. The van der Waals surface area contributed by atoms with E-state index in [1.165, 1.54) is 16.7 Å². The van der Waals surface area contributed by atoms with Crippen molar-refractivity contribution >= 4 is 10.2 Å². The lowest BCUT2D eigenvalue weighted by atomic mass is 9.85.